The van der Waals surface area contributed by atoms with E-state index in [4.69, 9.17) is 0 Å². The van der Waals surface area contributed by atoms with E-state index in [0.29, 0.717) is 0 Å². The van der Waals surface area contributed by atoms with E-state index in [2.05, 4.69) is 44.5 Å². The molecule has 1 aliphatic rings. The number of benzene rings is 1. The van der Waals surface area contributed by atoms with Crippen molar-refractivity contribution in [1.29, 1.82) is 0 Å². The molecule has 0 saturated carbocycles. The predicted molar refractivity (Wildman–Crippen MR) is 87.8 cm³/mol. The smallest absolute Gasteiger partial charge is 0.159 e. The minimum atomic E-state index is 0.899. The normalized spacial score (nSPS) is 15.4. The van der Waals surface area contributed by atoms with E-state index in [0.717, 1.165) is 35.7 Å². The van der Waals surface area contributed by atoms with Crippen LogP contribution in [-0.4, -0.2) is 33.1 Å². The van der Waals surface area contributed by atoms with Crippen molar-refractivity contribution < 1.29 is 0 Å². The standard InChI is InChI=1S/C17H19N5/c1-21-15(9-10-18-21)16-13-7-3-4-8-14(13)17(20-19-16)22-11-5-2-6-12-22/h3-4,7-10H,2,5-6,11-12H2,1H3. The lowest BCUT2D eigenvalue weighted by Crippen LogP contribution is -2.30. The average Bonchev–Trinajstić information content (AvgIpc) is 3.00. The van der Waals surface area contributed by atoms with E-state index < -0.39 is 0 Å². The van der Waals surface area contributed by atoms with Gasteiger partial charge in [-0.3, -0.25) is 4.68 Å². The Morgan fingerprint density at radius 1 is 0.909 bits per heavy atom. The summed E-state index contributed by atoms with van der Waals surface area (Å²) in [6, 6.07) is 10.4. The maximum absolute atomic E-state index is 4.56. The SMILES string of the molecule is Cn1nccc1-c1nnc(N2CCCCC2)c2ccccc12. The summed E-state index contributed by atoms with van der Waals surface area (Å²) in [7, 11) is 1.93. The molecule has 1 saturated heterocycles. The van der Waals surface area contributed by atoms with E-state index >= 15 is 0 Å². The fourth-order valence-corrected chi connectivity index (χ4v) is 3.22. The molecule has 3 heterocycles. The molecule has 4 rings (SSSR count). The Balaban J connectivity index is 1.90. The summed E-state index contributed by atoms with van der Waals surface area (Å²) in [5.41, 5.74) is 1.89. The van der Waals surface area contributed by atoms with Crippen LogP contribution in [-0.2, 0) is 7.05 Å². The van der Waals surface area contributed by atoms with Crippen LogP contribution >= 0.6 is 0 Å². The monoisotopic (exact) mass is 293 g/mol. The van der Waals surface area contributed by atoms with Crippen LogP contribution in [0.25, 0.3) is 22.2 Å². The molecule has 22 heavy (non-hydrogen) atoms. The first-order valence-electron chi connectivity index (χ1n) is 7.83. The van der Waals surface area contributed by atoms with Gasteiger partial charge in [0.05, 0.1) is 5.69 Å². The average molecular weight is 293 g/mol. The number of hydrogen-bond donors (Lipinski definition) is 0. The number of aromatic nitrogens is 4. The summed E-state index contributed by atoms with van der Waals surface area (Å²) in [4.78, 5) is 2.37. The van der Waals surface area contributed by atoms with Gasteiger partial charge in [0, 0.05) is 37.1 Å². The summed E-state index contributed by atoms with van der Waals surface area (Å²) in [6.07, 6.45) is 5.58. The van der Waals surface area contributed by atoms with Crippen molar-refractivity contribution in [1.82, 2.24) is 20.0 Å². The van der Waals surface area contributed by atoms with Crippen molar-refractivity contribution >= 4 is 16.6 Å². The molecule has 5 heteroatoms. The van der Waals surface area contributed by atoms with Crippen molar-refractivity contribution in [3.63, 3.8) is 0 Å². The van der Waals surface area contributed by atoms with Gasteiger partial charge in [-0.05, 0) is 25.3 Å². The third-order valence-electron chi connectivity index (χ3n) is 4.39. The van der Waals surface area contributed by atoms with Gasteiger partial charge in [-0.25, -0.2) is 0 Å². The molecule has 1 fully saturated rings. The Kier molecular flexibility index (Phi) is 3.25. The van der Waals surface area contributed by atoms with Crippen molar-refractivity contribution in [2.45, 2.75) is 19.3 Å². The van der Waals surface area contributed by atoms with Crippen molar-refractivity contribution in [3.05, 3.63) is 36.5 Å². The number of anilines is 1. The molecular weight excluding hydrogens is 274 g/mol. The number of hydrogen-bond acceptors (Lipinski definition) is 4. The zero-order valence-corrected chi connectivity index (χ0v) is 12.7. The lowest BCUT2D eigenvalue weighted by molar-refractivity contribution is 0.573. The predicted octanol–water partition coefficient (Wildman–Crippen LogP) is 3.02. The molecule has 3 aromatic rings. The first-order valence-corrected chi connectivity index (χ1v) is 7.83. The maximum Gasteiger partial charge on any atom is 0.159 e. The summed E-state index contributed by atoms with van der Waals surface area (Å²) in [5, 5.41) is 15.7. The van der Waals surface area contributed by atoms with Crippen LogP contribution in [0.2, 0.25) is 0 Å². The van der Waals surface area contributed by atoms with Crippen molar-refractivity contribution in [3.8, 4) is 11.4 Å². The molecule has 0 aliphatic carbocycles. The van der Waals surface area contributed by atoms with Gasteiger partial charge >= 0.3 is 0 Å². The van der Waals surface area contributed by atoms with E-state index in [1.807, 2.05) is 17.8 Å². The number of piperidine rings is 1. The third-order valence-corrected chi connectivity index (χ3v) is 4.39. The van der Waals surface area contributed by atoms with E-state index in [1.165, 1.54) is 24.6 Å². The Morgan fingerprint density at radius 3 is 2.41 bits per heavy atom. The van der Waals surface area contributed by atoms with Gasteiger partial charge in [-0.15, -0.1) is 10.2 Å². The van der Waals surface area contributed by atoms with Crippen LogP contribution in [0.5, 0.6) is 0 Å². The Labute approximate surface area is 129 Å². The second-order valence-corrected chi connectivity index (χ2v) is 5.81. The molecule has 0 unspecified atom stereocenters. The topological polar surface area (TPSA) is 46.8 Å². The van der Waals surface area contributed by atoms with Gasteiger partial charge in [-0.1, -0.05) is 24.3 Å². The van der Waals surface area contributed by atoms with Crippen LogP contribution in [0.1, 0.15) is 19.3 Å². The second kappa shape index (κ2) is 5.40. The van der Waals surface area contributed by atoms with Gasteiger partial charge in [0.1, 0.15) is 5.69 Å². The lowest BCUT2D eigenvalue weighted by Gasteiger charge is -2.28. The highest BCUT2D eigenvalue weighted by Crippen LogP contribution is 2.31. The van der Waals surface area contributed by atoms with Gasteiger partial charge in [0.2, 0.25) is 0 Å². The molecule has 0 amide bonds. The second-order valence-electron chi connectivity index (χ2n) is 5.81. The zero-order valence-electron chi connectivity index (χ0n) is 12.7. The maximum atomic E-state index is 4.56. The molecule has 2 aromatic heterocycles. The van der Waals surface area contributed by atoms with Gasteiger partial charge in [0.15, 0.2) is 5.82 Å². The number of aryl methyl sites for hydroxylation is 1. The van der Waals surface area contributed by atoms with E-state index in [9.17, 15) is 0 Å². The fourth-order valence-electron chi connectivity index (χ4n) is 3.22. The largest absolute Gasteiger partial charge is 0.355 e. The van der Waals surface area contributed by atoms with Crippen LogP contribution in [0.3, 0.4) is 0 Å². The molecule has 0 bridgehead atoms. The van der Waals surface area contributed by atoms with Crippen LogP contribution in [0.4, 0.5) is 5.82 Å². The van der Waals surface area contributed by atoms with Gasteiger partial charge in [-0.2, -0.15) is 5.10 Å². The molecule has 0 radical (unpaired) electrons. The molecule has 112 valence electrons. The van der Waals surface area contributed by atoms with Crippen LogP contribution in [0, 0.1) is 0 Å². The fraction of sp³-hybridized carbons (Fsp3) is 0.353. The van der Waals surface area contributed by atoms with Crippen LogP contribution in [0.15, 0.2) is 36.5 Å². The summed E-state index contributed by atoms with van der Waals surface area (Å²) in [6.45, 7) is 2.15. The first-order chi connectivity index (χ1) is 10.8. The highest BCUT2D eigenvalue weighted by atomic mass is 15.3. The molecule has 1 aliphatic heterocycles. The zero-order chi connectivity index (χ0) is 14.9. The van der Waals surface area contributed by atoms with Gasteiger partial charge in [0.25, 0.3) is 0 Å². The molecule has 1 aromatic carbocycles. The van der Waals surface area contributed by atoms with E-state index in [-0.39, 0.29) is 0 Å². The highest BCUT2D eigenvalue weighted by molar-refractivity contribution is 5.99. The number of rotatable bonds is 2. The summed E-state index contributed by atoms with van der Waals surface area (Å²) < 4.78 is 1.84. The summed E-state index contributed by atoms with van der Waals surface area (Å²) in [5.74, 6) is 1.02. The Bertz CT molecular complexity index is 802. The quantitative estimate of drug-likeness (QED) is 0.728. The van der Waals surface area contributed by atoms with Gasteiger partial charge < -0.3 is 4.90 Å². The Morgan fingerprint density at radius 2 is 1.68 bits per heavy atom. The van der Waals surface area contributed by atoms with Crippen LogP contribution < -0.4 is 4.90 Å². The Hall–Kier alpha value is -2.43. The summed E-state index contributed by atoms with van der Waals surface area (Å²) >= 11 is 0. The number of fused-ring (bicyclic) bond motifs is 1. The number of nitrogens with zero attached hydrogens (tertiary/aromatic N) is 5. The molecule has 5 nitrogen and oxygen atoms in total. The minimum Gasteiger partial charge on any atom is -0.355 e. The molecular formula is C17H19N5. The minimum absolute atomic E-state index is 0.899. The van der Waals surface area contributed by atoms with Crippen molar-refractivity contribution in [2.24, 2.45) is 7.05 Å². The highest BCUT2D eigenvalue weighted by Gasteiger charge is 2.18. The molecule has 0 atom stereocenters. The molecule has 0 N–H and O–H groups in total. The third kappa shape index (κ3) is 2.13. The lowest BCUT2D eigenvalue weighted by atomic mass is 10.1. The van der Waals surface area contributed by atoms with Crippen molar-refractivity contribution in [2.75, 3.05) is 18.0 Å². The molecule has 0 spiro atoms. The van der Waals surface area contributed by atoms with E-state index in [1.54, 1.807) is 6.20 Å². The first kappa shape index (κ1) is 13.2.